The SMILES string of the molecule is CCc1c(F)ccc2cc(O)cc(-c3ncc4c(N5CCCC56COC6)nc(OC[C@@]56CCCN5C[C@H](F)C6)nc4c3F)c12. The highest BCUT2D eigenvalue weighted by Gasteiger charge is 2.50. The summed E-state index contributed by atoms with van der Waals surface area (Å²) >= 11 is 0. The van der Waals surface area contributed by atoms with Crippen molar-refractivity contribution >= 4 is 27.5 Å². The molecular weight excluding hydrogens is 571 g/mol. The van der Waals surface area contributed by atoms with E-state index in [4.69, 9.17) is 14.5 Å². The molecule has 230 valence electrons. The predicted octanol–water partition coefficient (Wildman–Crippen LogP) is 5.72. The van der Waals surface area contributed by atoms with Gasteiger partial charge in [-0.2, -0.15) is 9.97 Å². The van der Waals surface area contributed by atoms with Crippen LogP contribution in [0.3, 0.4) is 0 Å². The number of benzene rings is 2. The zero-order chi connectivity index (χ0) is 30.2. The molecule has 4 fully saturated rings. The number of hydrogen-bond acceptors (Lipinski definition) is 8. The van der Waals surface area contributed by atoms with Gasteiger partial charge in [0.25, 0.3) is 0 Å². The van der Waals surface area contributed by atoms with Crippen LogP contribution in [0.2, 0.25) is 0 Å². The van der Waals surface area contributed by atoms with Crippen LogP contribution in [0.25, 0.3) is 32.9 Å². The zero-order valence-electron chi connectivity index (χ0n) is 24.6. The summed E-state index contributed by atoms with van der Waals surface area (Å²) in [7, 11) is 0. The third-order valence-electron chi connectivity index (χ3n) is 10.2. The molecule has 0 bridgehead atoms. The predicted molar refractivity (Wildman–Crippen MR) is 160 cm³/mol. The van der Waals surface area contributed by atoms with Crippen molar-refractivity contribution < 1.29 is 27.8 Å². The molecular formula is C33H34F3N5O3. The summed E-state index contributed by atoms with van der Waals surface area (Å²) in [4.78, 5) is 18.3. The van der Waals surface area contributed by atoms with Gasteiger partial charge in [0.05, 0.1) is 29.7 Å². The maximum Gasteiger partial charge on any atom is 0.319 e. The number of aryl methyl sites for hydroxylation is 1. The summed E-state index contributed by atoms with van der Waals surface area (Å²) in [6.45, 7) is 5.09. The van der Waals surface area contributed by atoms with Crippen molar-refractivity contribution in [3.05, 3.63) is 47.7 Å². The van der Waals surface area contributed by atoms with Crippen LogP contribution in [0.1, 0.15) is 44.6 Å². The maximum atomic E-state index is 16.8. The lowest BCUT2D eigenvalue weighted by Gasteiger charge is -2.46. The van der Waals surface area contributed by atoms with E-state index in [-0.39, 0.29) is 40.7 Å². The second-order valence-electron chi connectivity index (χ2n) is 12.8. The molecule has 2 aromatic carbocycles. The molecule has 0 unspecified atom stereocenters. The number of halogens is 3. The first-order valence-corrected chi connectivity index (χ1v) is 15.5. The van der Waals surface area contributed by atoms with Crippen molar-refractivity contribution in [1.82, 2.24) is 19.9 Å². The fourth-order valence-electron chi connectivity index (χ4n) is 8.07. The third-order valence-corrected chi connectivity index (χ3v) is 10.2. The van der Waals surface area contributed by atoms with Crippen LogP contribution in [-0.4, -0.2) is 81.7 Å². The van der Waals surface area contributed by atoms with Crippen LogP contribution in [0.4, 0.5) is 19.0 Å². The highest BCUT2D eigenvalue weighted by Crippen LogP contribution is 2.44. The van der Waals surface area contributed by atoms with E-state index in [0.717, 1.165) is 38.8 Å². The number of phenolic OH excluding ortho intramolecular Hbond substituents is 1. The Balaban J connectivity index is 1.29. The van der Waals surface area contributed by atoms with Gasteiger partial charge in [0, 0.05) is 31.3 Å². The van der Waals surface area contributed by atoms with E-state index in [9.17, 15) is 13.9 Å². The molecule has 6 heterocycles. The number of ether oxygens (including phenoxy) is 2. The summed E-state index contributed by atoms with van der Waals surface area (Å²) in [5, 5.41) is 12.1. The number of fused-ring (bicyclic) bond motifs is 3. The van der Waals surface area contributed by atoms with Crippen molar-refractivity contribution in [2.75, 3.05) is 44.4 Å². The Morgan fingerprint density at radius 3 is 2.75 bits per heavy atom. The van der Waals surface area contributed by atoms with E-state index in [0.29, 0.717) is 60.1 Å². The number of aromatic hydroxyl groups is 1. The van der Waals surface area contributed by atoms with Crippen LogP contribution in [0, 0.1) is 11.6 Å². The van der Waals surface area contributed by atoms with E-state index >= 15 is 4.39 Å². The number of pyridine rings is 1. The van der Waals surface area contributed by atoms with Gasteiger partial charge in [0.2, 0.25) is 0 Å². The van der Waals surface area contributed by atoms with Gasteiger partial charge < -0.3 is 19.5 Å². The molecule has 0 amide bonds. The molecule has 11 heteroatoms. The average Bonchev–Trinajstić information content (AvgIpc) is 3.68. The van der Waals surface area contributed by atoms with Crippen LogP contribution in [0.15, 0.2) is 30.5 Å². The summed E-state index contributed by atoms with van der Waals surface area (Å²) < 4.78 is 58.1. The number of alkyl halides is 1. The molecule has 4 aliphatic rings. The summed E-state index contributed by atoms with van der Waals surface area (Å²) in [5.41, 5.74) is 0.0312. The van der Waals surface area contributed by atoms with E-state index in [1.165, 1.54) is 18.2 Å². The molecule has 8 rings (SSSR count). The number of hydrogen-bond donors (Lipinski definition) is 1. The number of phenols is 1. The summed E-state index contributed by atoms with van der Waals surface area (Å²) in [5.74, 6) is -0.668. The van der Waals surface area contributed by atoms with Crippen LogP contribution >= 0.6 is 0 Å². The molecule has 4 aliphatic heterocycles. The molecule has 4 saturated heterocycles. The molecule has 44 heavy (non-hydrogen) atoms. The van der Waals surface area contributed by atoms with Crippen molar-refractivity contribution in [1.29, 1.82) is 0 Å². The zero-order valence-corrected chi connectivity index (χ0v) is 24.6. The van der Waals surface area contributed by atoms with E-state index in [1.807, 2.05) is 6.92 Å². The fraction of sp³-hybridized carbons (Fsp3) is 0.485. The molecule has 2 aromatic heterocycles. The van der Waals surface area contributed by atoms with Gasteiger partial charge in [-0.15, -0.1) is 0 Å². The standard InChI is InChI=1S/C33H34F3N5O3/c1-2-22-25(35)6-5-19-11-21(42)12-23(26(19)22)28-27(36)29-24(14-37-28)30(41-10-4-8-33(41)16-43-17-33)39-31(38-29)44-18-32-7-3-9-40(32)15-20(34)13-32/h5-6,11-12,14,20,42H,2-4,7-10,13,15-18H2,1H3/t20-,32+/m1/s1. The number of aromatic nitrogens is 3. The lowest BCUT2D eigenvalue weighted by Crippen LogP contribution is -2.59. The number of nitrogens with zero attached hydrogens (tertiary/aromatic N) is 5. The summed E-state index contributed by atoms with van der Waals surface area (Å²) in [6, 6.07) is 5.90. The van der Waals surface area contributed by atoms with E-state index < -0.39 is 23.3 Å². The van der Waals surface area contributed by atoms with Crippen LogP contribution < -0.4 is 9.64 Å². The molecule has 1 N–H and O–H groups in total. The Morgan fingerprint density at radius 2 is 1.95 bits per heavy atom. The Bertz CT molecular complexity index is 1800. The van der Waals surface area contributed by atoms with Crippen molar-refractivity contribution in [2.45, 2.75) is 62.7 Å². The van der Waals surface area contributed by atoms with Gasteiger partial charge in [0.1, 0.15) is 41.4 Å². The van der Waals surface area contributed by atoms with Crippen molar-refractivity contribution in [2.24, 2.45) is 0 Å². The molecule has 1 spiro atoms. The van der Waals surface area contributed by atoms with E-state index in [2.05, 4.69) is 19.8 Å². The highest BCUT2D eigenvalue weighted by molar-refractivity contribution is 6.01. The minimum absolute atomic E-state index is 0.0235. The topological polar surface area (TPSA) is 83.8 Å². The quantitative estimate of drug-likeness (QED) is 0.299. The summed E-state index contributed by atoms with van der Waals surface area (Å²) in [6.07, 6.45) is 5.08. The second-order valence-corrected chi connectivity index (χ2v) is 12.8. The number of anilines is 1. The molecule has 0 aliphatic carbocycles. The van der Waals surface area contributed by atoms with Gasteiger partial charge >= 0.3 is 6.01 Å². The smallest absolute Gasteiger partial charge is 0.319 e. The van der Waals surface area contributed by atoms with Gasteiger partial charge in [-0.1, -0.05) is 13.0 Å². The Hall–Kier alpha value is -3.70. The second kappa shape index (κ2) is 10.2. The molecule has 4 aromatic rings. The molecule has 2 atom stereocenters. The highest BCUT2D eigenvalue weighted by atomic mass is 19.1. The number of rotatable bonds is 6. The Kier molecular flexibility index (Phi) is 6.43. The molecule has 0 radical (unpaired) electrons. The van der Waals surface area contributed by atoms with Gasteiger partial charge in [0.15, 0.2) is 5.82 Å². The third kappa shape index (κ3) is 4.15. The lowest BCUT2D eigenvalue weighted by molar-refractivity contribution is -0.0507. The maximum absolute atomic E-state index is 16.8. The largest absolute Gasteiger partial charge is 0.508 e. The van der Waals surface area contributed by atoms with Crippen molar-refractivity contribution in [3.8, 4) is 23.0 Å². The van der Waals surface area contributed by atoms with Crippen LogP contribution in [0.5, 0.6) is 11.8 Å². The van der Waals surface area contributed by atoms with Crippen LogP contribution in [-0.2, 0) is 11.2 Å². The molecule has 8 nitrogen and oxygen atoms in total. The fourth-order valence-corrected chi connectivity index (χ4v) is 8.07. The monoisotopic (exact) mass is 605 g/mol. The first-order chi connectivity index (χ1) is 21.3. The van der Waals surface area contributed by atoms with E-state index in [1.54, 1.807) is 12.3 Å². The van der Waals surface area contributed by atoms with Gasteiger partial charge in [-0.3, -0.25) is 9.88 Å². The normalized spacial score (nSPS) is 24.5. The Morgan fingerprint density at radius 1 is 1.11 bits per heavy atom. The minimum atomic E-state index is -0.906. The average molecular weight is 606 g/mol. The Labute approximate surface area is 252 Å². The van der Waals surface area contributed by atoms with Gasteiger partial charge in [-0.05, 0) is 73.2 Å². The molecule has 0 saturated carbocycles. The van der Waals surface area contributed by atoms with Crippen molar-refractivity contribution in [3.63, 3.8) is 0 Å². The minimum Gasteiger partial charge on any atom is -0.508 e. The van der Waals surface area contributed by atoms with Gasteiger partial charge in [-0.25, -0.2) is 13.2 Å². The first kappa shape index (κ1) is 27.8. The first-order valence-electron chi connectivity index (χ1n) is 15.5. The lowest BCUT2D eigenvalue weighted by atomic mass is 9.93.